The quantitative estimate of drug-likeness (QED) is 0.560. The maximum Gasteiger partial charge on any atom is 0.310 e. The van der Waals surface area contributed by atoms with E-state index in [9.17, 15) is 10.1 Å². The van der Waals surface area contributed by atoms with Gasteiger partial charge in [0.1, 0.15) is 11.9 Å². The third kappa shape index (κ3) is 1.41. The molecule has 0 bridgehead atoms. The van der Waals surface area contributed by atoms with Gasteiger partial charge >= 0.3 is 5.69 Å². The Balaban J connectivity index is 2.28. The molecule has 1 fully saturated rings. The summed E-state index contributed by atoms with van der Waals surface area (Å²) >= 11 is 0. The van der Waals surface area contributed by atoms with Gasteiger partial charge in [-0.3, -0.25) is 15.2 Å². The van der Waals surface area contributed by atoms with Crippen LogP contribution in [0.3, 0.4) is 0 Å². The Morgan fingerprint density at radius 2 is 2.23 bits per heavy atom. The maximum atomic E-state index is 10.6. The van der Waals surface area contributed by atoms with Crippen molar-refractivity contribution in [2.45, 2.75) is 31.6 Å². The lowest BCUT2D eigenvalue weighted by Gasteiger charge is -2.03. The van der Waals surface area contributed by atoms with Crippen LogP contribution < -0.4 is 0 Å². The molecule has 5 nitrogen and oxygen atoms in total. The van der Waals surface area contributed by atoms with E-state index in [0.717, 1.165) is 12.8 Å². The average Bonchev–Trinajstić information content (AvgIpc) is 2.74. The highest BCUT2D eigenvalue weighted by Gasteiger charge is 2.26. The zero-order chi connectivity index (χ0) is 9.26. The second kappa shape index (κ2) is 3.16. The predicted molar refractivity (Wildman–Crippen MR) is 46.5 cm³/mol. The van der Waals surface area contributed by atoms with E-state index in [0.29, 0.717) is 11.6 Å². The highest BCUT2D eigenvalue weighted by molar-refractivity contribution is 5.35. The second-order valence-electron chi connectivity index (χ2n) is 3.41. The first-order valence-corrected chi connectivity index (χ1v) is 4.46. The lowest BCUT2D eigenvalue weighted by Crippen LogP contribution is -1.97. The molecule has 0 atom stereocenters. The van der Waals surface area contributed by atoms with Gasteiger partial charge in [-0.1, -0.05) is 12.8 Å². The third-order valence-corrected chi connectivity index (χ3v) is 2.61. The molecular weight excluding hydrogens is 170 g/mol. The van der Waals surface area contributed by atoms with Crippen LogP contribution in [0, 0.1) is 10.1 Å². The Morgan fingerprint density at radius 1 is 1.54 bits per heavy atom. The van der Waals surface area contributed by atoms with Crippen molar-refractivity contribution >= 4 is 5.69 Å². The van der Waals surface area contributed by atoms with Crippen molar-refractivity contribution in [3.05, 3.63) is 22.0 Å². The van der Waals surface area contributed by atoms with Gasteiger partial charge in [-0.25, -0.2) is 0 Å². The molecule has 0 aliphatic heterocycles. The molecule has 1 saturated carbocycles. The van der Waals surface area contributed by atoms with Gasteiger partial charge < -0.3 is 0 Å². The smallest absolute Gasteiger partial charge is 0.275 e. The van der Waals surface area contributed by atoms with Crippen LogP contribution in [-0.4, -0.2) is 15.1 Å². The van der Waals surface area contributed by atoms with Gasteiger partial charge in [0.25, 0.3) is 0 Å². The van der Waals surface area contributed by atoms with Gasteiger partial charge in [-0.05, 0) is 12.8 Å². The molecule has 1 aromatic heterocycles. The first-order valence-electron chi connectivity index (χ1n) is 4.46. The topological polar surface area (TPSA) is 71.8 Å². The Bertz CT molecular complexity index is 315. The normalized spacial score (nSPS) is 17.8. The van der Waals surface area contributed by atoms with E-state index >= 15 is 0 Å². The number of nitrogens with zero attached hydrogens (tertiary/aromatic N) is 2. The first-order chi connectivity index (χ1) is 6.29. The average molecular weight is 181 g/mol. The molecule has 1 aromatic rings. The van der Waals surface area contributed by atoms with Crippen LogP contribution in [-0.2, 0) is 0 Å². The summed E-state index contributed by atoms with van der Waals surface area (Å²) in [6.45, 7) is 0. The molecule has 0 unspecified atom stereocenters. The molecule has 0 radical (unpaired) electrons. The third-order valence-electron chi connectivity index (χ3n) is 2.61. The Kier molecular flexibility index (Phi) is 2.00. The van der Waals surface area contributed by atoms with Crippen molar-refractivity contribution in [3.8, 4) is 0 Å². The number of nitro groups is 1. The molecule has 0 spiro atoms. The molecule has 0 aromatic carbocycles. The molecule has 1 heterocycles. The van der Waals surface area contributed by atoms with Crippen LogP contribution in [0.25, 0.3) is 0 Å². The number of rotatable bonds is 2. The number of hydrogen-bond donors (Lipinski definition) is 1. The Labute approximate surface area is 75.3 Å². The number of hydrogen-bond acceptors (Lipinski definition) is 3. The summed E-state index contributed by atoms with van der Waals surface area (Å²) in [5.41, 5.74) is 0.856. The van der Waals surface area contributed by atoms with Crippen molar-refractivity contribution < 1.29 is 4.92 Å². The maximum absolute atomic E-state index is 10.6. The summed E-state index contributed by atoms with van der Waals surface area (Å²) < 4.78 is 0. The highest BCUT2D eigenvalue weighted by Crippen LogP contribution is 2.36. The zero-order valence-corrected chi connectivity index (χ0v) is 7.19. The SMILES string of the molecule is O=[N+]([O-])c1cn[nH]c1C1CCCC1. The molecule has 2 rings (SSSR count). The van der Waals surface area contributed by atoms with Crippen molar-refractivity contribution in [3.63, 3.8) is 0 Å². The molecule has 1 N–H and O–H groups in total. The van der Waals surface area contributed by atoms with Crippen LogP contribution in [0.15, 0.2) is 6.20 Å². The van der Waals surface area contributed by atoms with Crippen molar-refractivity contribution in [1.29, 1.82) is 0 Å². The highest BCUT2D eigenvalue weighted by atomic mass is 16.6. The van der Waals surface area contributed by atoms with E-state index in [1.54, 1.807) is 0 Å². The molecule has 13 heavy (non-hydrogen) atoms. The van der Waals surface area contributed by atoms with Crippen molar-refractivity contribution in [2.75, 3.05) is 0 Å². The molecule has 0 saturated heterocycles. The summed E-state index contributed by atoms with van der Waals surface area (Å²) in [4.78, 5) is 10.2. The molecule has 1 aliphatic carbocycles. The zero-order valence-electron chi connectivity index (χ0n) is 7.19. The van der Waals surface area contributed by atoms with Crippen molar-refractivity contribution in [1.82, 2.24) is 10.2 Å². The van der Waals surface area contributed by atoms with Gasteiger partial charge in [-0.15, -0.1) is 0 Å². The summed E-state index contributed by atoms with van der Waals surface area (Å²) in [5, 5.41) is 17.0. The van der Waals surface area contributed by atoms with Gasteiger partial charge in [0, 0.05) is 5.92 Å². The molecule has 5 heteroatoms. The first kappa shape index (κ1) is 8.22. The lowest BCUT2D eigenvalue weighted by atomic mass is 10.0. The fourth-order valence-corrected chi connectivity index (χ4v) is 1.95. The lowest BCUT2D eigenvalue weighted by molar-refractivity contribution is -0.385. The van der Waals surface area contributed by atoms with E-state index in [-0.39, 0.29) is 10.6 Å². The van der Waals surface area contributed by atoms with Crippen LogP contribution in [0.1, 0.15) is 37.3 Å². The van der Waals surface area contributed by atoms with E-state index in [2.05, 4.69) is 10.2 Å². The van der Waals surface area contributed by atoms with E-state index < -0.39 is 0 Å². The molecule has 70 valence electrons. The van der Waals surface area contributed by atoms with Gasteiger partial charge in [-0.2, -0.15) is 5.10 Å². The standard InChI is InChI=1S/C8H11N3O2/c12-11(13)7-5-9-10-8(7)6-3-1-2-4-6/h5-6H,1-4H2,(H,9,10). The van der Waals surface area contributed by atoms with Crippen LogP contribution in [0.5, 0.6) is 0 Å². The number of nitrogens with one attached hydrogen (secondary N) is 1. The molecule has 0 amide bonds. The van der Waals surface area contributed by atoms with E-state index in [4.69, 9.17) is 0 Å². The van der Waals surface area contributed by atoms with Crippen LogP contribution in [0.4, 0.5) is 5.69 Å². The van der Waals surface area contributed by atoms with Gasteiger partial charge in [0.05, 0.1) is 4.92 Å². The fraction of sp³-hybridized carbons (Fsp3) is 0.625. The van der Waals surface area contributed by atoms with Gasteiger partial charge in [0.2, 0.25) is 0 Å². The fourth-order valence-electron chi connectivity index (χ4n) is 1.95. The monoisotopic (exact) mass is 181 g/mol. The summed E-state index contributed by atoms with van der Waals surface area (Å²) in [6, 6.07) is 0. The Morgan fingerprint density at radius 3 is 2.85 bits per heavy atom. The number of H-pyrrole nitrogens is 1. The van der Waals surface area contributed by atoms with E-state index in [1.807, 2.05) is 0 Å². The van der Waals surface area contributed by atoms with Gasteiger partial charge in [0.15, 0.2) is 0 Å². The second-order valence-corrected chi connectivity index (χ2v) is 3.41. The van der Waals surface area contributed by atoms with Crippen LogP contribution >= 0.6 is 0 Å². The van der Waals surface area contributed by atoms with Crippen molar-refractivity contribution in [2.24, 2.45) is 0 Å². The number of aromatic nitrogens is 2. The minimum Gasteiger partial charge on any atom is -0.275 e. The van der Waals surface area contributed by atoms with Crippen LogP contribution in [0.2, 0.25) is 0 Å². The summed E-state index contributed by atoms with van der Waals surface area (Å²) in [7, 11) is 0. The minimum atomic E-state index is -0.364. The molecule has 1 aliphatic rings. The largest absolute Gasteiger partial charge is 0.310 e. The van der Waals surface area contributed by atoms with E-state index in [1.165, 1.54) is 19.0 Å². The summed E-state index contributed by atoms with van der Waals surface area (Å²) in [6.07, 6.45) is 5.72. The predicted octanol–water partition coefficient (Wildman–Crippen LogP) is 1.98. The Hall–Kier alpha value is -1.39. The molecular formula is C8H11N3O2. The minimum absolute atomic E-state index is 0.145. The number of aromatic amines is 1. The summed E-state index contributed by atoms with van der Waals surface area (Å²) in [5.74, 6) is 0.322.